The Balaban J connectivity index is 1.81. The van der Waals surface area contributed by atoms with Crippen LogP contribution in [0.25, 0.3) is 11.3 Å². The maximum Gasteiger partial charge on any atom is 0.221 e. The molecule has 7 heteroatoms. The van der Waals surface area contributed by atoms with E-state index in [2.05, 4.69) is 15.3 Å². The summed E-state index contributed by atoms with van der Waals surface area (Å²) < 4.78 is 14.2. The molecule has 3 aromatic rings. The third-order valence-corrected chi connectivity index (χ3v) is 4.79. The topological polar surface area (TPSA) is 54.9 Å². The van der Waals surface area contributed by atoms with Crippen molar-refractivity contribution in [2.45, 2.75) is 20.3 Å². The lowest BCUT2D eigenvalue weighted by atomic mass is 10.1. The van der Waals surface area contributed by atoms with Gasteiger partial charge in [-0.05, 0) is 25.1 Å². The van der Waals surface area contributed by atoms with E-state index in [1.54, 1.807) is 23.5 Å². The van der Waals surface area contributed by atoms with Crippen LogP contribution < -0.4 is 5.32 Å². The molecule has 0 spiro atoms. The first-order chi connectivity index (χ1) is 11.0. The zero-order valence-corrected chi connectivity index (χ0v) is 14.2. The number of rotatable bonds is 4. The van der Waals surface area contributed by atoms with Gasteiger partial charge in [0.2, 0.25) is 5.91 Å². The average molecular weight is 347 g/mol. The van der Waals surface area contributed by atoms with Crippen LogP contribution in [-0.2, 0) is 11.2 Å². The van der Waals surface area contributed by atoms with Crippen LogP contribution in [0.15, 0.2) is 29.0 Å². The van der Waals surface area contributed by atoms with E-state index in [4.69, 9.17) is 0 Å². The van der Waals surface area contributed by atoms with Crippen LogP contribution in [-0.4, -0.2) is 15.9 Å². The second-order valence-electron chi connectivity index (χ2n) is 5.04. The Hall–Kier alpha value is -2.12. The molecule has 23 heavy (non-hydrogen) atoms. The smallest absolute Gasteiger partial charge is 0.221 e. The van der Waals surface area contributed by atoms with Crippen LogP contribution in [0.5, 0.6) is 0 Å². The van der Waals surface area contributed by atoms with Gasteiger partial charge in [-0.2, -0.15) is 0 Å². The molecule has 0 aliphatic rings. The predicted molar refractivity (Wildman–Crippen MR) is 91.5 cm³/mol. The van der Waals surface area contributed by atoms with Gasteiger partial charge >= 0.3 is 0 Å². The highest BCUT2D eigenvalue weighted by Crippen LogP contribution is 2.27. The zero-order chi connectivity index (χ0) is 16.4. The SMILES string of the molecule is CC(=O)Nc1ccc(-c2csc(Cc3csc(C)n3)n2)c(F)c1. The molecule has 4 nitrogen and oxygen atoms in total. The molecule has 0 bridgehead atoms. The summed E-state index contributed by atoms with van der Waals surface area (Å²) in [6.07, 6.45) is 0.653. The summed E-state index contributed by atoms with van der Waals surface area (Å²) >= 11 is 3.10. The Bertz CT molecular complexity index is 857. The van der Waals surface area contributed by atoms with Gasteiger partial charge in [-0.25, -0.2) is 14.4 Å². The molecule has 3 rings (SSSR count). The van der Waals surface area contributed by atoms with Gasteiger partial charge in [0.15, 0.2) is 0 Å². The second kappa shape index (κ2) is 6.55. The Morgan fingerprint density at radius 2 is 2.09 bits per heavy atom. The number of hydrogen-bond acceptors (Lipinski definition) is 5. The van der Waals surface area contributed by atoms with Crippen LogP contribution in [0, 0.1) is 12.7 Å². The van der Waals surface area contributed by atoms with Crippen molar-refractivity contribution < 1.29 is 9.18 Å². The maximum atomic E-state index is 14.2. The highest BCUT2D eigenvalue weighted by Gasteiger charge is 2.12. The lowest BCUT2D eigenvalue weighted by Gasteiger charge is -2.04. The number of thiazole rings is 2. The van der Waals surface area contributed by atoms with Crippen LogP contribution in [0.3, 0.4) is 0 Å². The molecule has 0 unspecified atom stereocenters. The fourth-order valence-corrected chi connectivity index (χ4v) is 3.59. The molecule has 0 saturated heterocycles. The van der Waals surface area contributed by atoms with E-state index >= 15 is 0 Å². The van der Waals surface area contributed by atoms with Gasteiger partial charge in [-0.15, -0.1) is 22.7 Å². The number of benzene rings is 1. The minimum Gasteiger partial charge on any atom is -0.326 e. The zero-order valence-electron chi connectivity index (χ0n) is 12.6. The normalized spacial score (nSPS) is 10.7. The summed E-state index contributed by atoms with van der Waals surface area (Å²) in [5.74, 6) is -0.635. The summed E-state index contributed by atoms with van der Waals surface area (Å²) in [6, 6.07) is 4.61. The van der Waals surface area contributed by atoms with E-state index in [1.165, 1.54) is 24.3 Å². The molecule has 0 aliphatic heterocycles. The number of carbonyl (C=O) groups excluding carboxylic acids is 1. The first-order valence-electron chi connectivity index (χ1n) is 6.94. The fraction of sp³-hybridized carbons (Fsp3) is 0.188. The largest absolute Gasteiger partial charge is 0.326 e. The number of nitrogens with one attached hydrogen (secondary N) is 1. The molecule has 0 radical (unpaired) electrons. The monoisotopic (exact) mass is 347 g/mol. The van der Waals surface area contributed by atoms with Crippen molar-refractivity contribution in [1.29, 1.82) is 0 Å². The first-order valence-corrected chi connectivity index (χ1v) is 8.70. The standard InChI is InChI=1S/C16H14FN3OS2/c1-9(21)18-11-3-4-13(14(17)5-11)15-8-23-16(20-15)6-12-7-22-10(2)19-12/h3-5,7-8H,6H2,1-2H3,(H,18,21). The van der Waals surface area contributed by atoms with Gasteiger partial charge in [0.05, 0.1) is 21.4 Å². The van der Waals surface area contributed by atoms with E-state index in [0.717, 1.165) is 15.7 Å². The number of amides is 1. The Morgan fingerprint density at radius 3 is 2.74 bits per heavy atom. The van der Waals surface area contributed by atoms with Crippen LogP contribution in [0.2, 0.25) is 0 Å². The van der Waals surface area contributed by atoms with Crippen molar-refractivity contribution in [1.82, 2.24) is 9.97 Å². The number of aromatic nitrogens is 2. The quantitative estimate of drug-likeness (QED) is 0.767. The molecular formula is C16H14FN3OS2. The minimum absolute atomic E-state index is 0.230. The van der Waals surface area contributed by atoms with E-state index < -0.39 is 5.82 Å². The molecular weight excluding hydrogens is 333 g/mol. The fourth-order valence-electron chi connectivity index (χ4n) is 2.16. The second-order valence-corrected chi connectivity index (χ2v) is 7.04. The first kappa shape index (κ1) is 15.8. The van der Waals surface area contributed by atoms with Gasteiger partial charge in [0.1, 0.15) is 5.82 Å². The molecule has 0 aliphatic carbocycles. The molecule has 0 fully saturated rings. The van der Waals surface area contributed by atoms with Crippen molar-refractivity contribution in [2.75, 3.05) is 5.32 Å². The minimum atomic E-state index is -0.405. The van der Waals surface area contributed by atoms with E-state index in [-0.39, 0.29) is 5.91 Å². The molecule has 1 aromatic carbocycles. The molecule has 1 amide bonds. The van der Waals surface area contributed by atoms with Crippen molar-refractivity contribution in [3.63, 3.8) is 0 Å². The lowest BCUT2D eigenvalue weighted by molar-refractivity contribution is -0.114. The van der Waals surface area contributed by atoms with Gasteiger partial charge < -0.3 is 5.32 Å². The number of nitrogens with zero attached hydrogens (tertiary/aromatic N) is 2. The number of hydrogen-bond donors (Lipinski definition) is 1. The van der Waals surface area contributed by atoms with Gasteiger partial charge in [-0.3, -0.25) is 4.79 Å². The lowest BCUT2D eigenvalue weighted by Crippen LogP contribution is -2.05. The highest BCUT2D eigenvalue weighted by molar-refractivity contribution is 7.10. The van der Waals surface area contributed by atoms with Crippen molar-refractivity contribution in [3.8, 4) is 11.3 Å². The molecule has 2 aromatic heterocycles. The van der Waals surface area contributed by atoms with E-state index in [0.29, 0.717) is 23.4 Å². The highest BCUT2D eigenvalue weighted by atomic mass is 32.1. The van der Waals surface area contributed by atoms with E-state index in [9.17, 15) is 9.18 Å². The summed E-state index contributed by atoms with van der Waals surface area (Å²) in [4.78, 5) is 19.9. The third kappa shape index (κ3) is 3.80. The molecule has 0 saturated carbocycles. The predicted octanol–water partition coefficient (Wildman–Crippen LogP) is 4.26. The van der Waals surface area contributed by atoms with Crippen molar-refractivity contribution in [3.05, 3.63) is 50.5 Å². The van der Waals surface area contributed by atoms with Gasteiger partial charge in [-0.1, -0.05) is 0 Å². The van der Waals surface area contributed by atoms with Crippen LogP contribution in [0.4, 0.5) is 10.1 Å². The Labute approximate surface area is 141 Å². The summed E-state index contributed by atoms with van der Waals surface area (Å²) in [5, 5.41) is 8.34. The summed E-state index contributed by atoms with van der Waals surface area (Å²) in [5.41, 5.74) is 2.45. The van der Waals surface area contributed by atoms with E-state index in [1.807, 2.05) is 17.7 Å². The van der Waals surface area contributed by atoms with Crippen molar-refractivity contribution >= 4 is 34.3 Å². The van der Waals surface area contributed by atoms with Crippen molar-refractivity contribution in [2.24, 2.45) is 0 Å². The Morgan fingerprint density at radius 1 is 1.26 bits per heavy atom. The Kier molecular flexibility index (Phi) is 4.49. The molecule has 0 atom stereocenters. The molecule has 1 N–H and O–H groups in total. The average Bonchev–Trinajstić information content (AvgIpc) is 3.08. The number of anilines is 1. The van der Waals surface area contributed by atoms with Gasteiger partial charge in [0, 0.05) is 35.4 Å². The maximum absolute atomic E-state index is 14.2. The number of carbonyl (C=O) groups is 1. The third-order valence-electron chi connectivity index (χ3n) is 3.12. The molecule has 118 valence electrons. The van der Waals surface area contributed by atoms with Crippen LogP contribution >= 0.6 is 22.7 Å². The van der Waals surface area contributed by atoms with Crippen LogP contribution in [0.1, 0.15) is 22.6 Å². The summed E-state index contributed by atoms with van der Waals surface area (Å²) in [6.45, 7) is 3.35. The number of halogens is 1. The molecule has 2 heterocycles. The summed E-state index contributed by atoms with van der Waals surface area (Å²) in [7, 11) is 0. The number of aryl methyl sites for hydroxylation is 1. The van der Waals surface area contributed by atoms with Gasteiger partial charge in [0.25, 0.3) is 0 Å².